The molecule has 26 heavy (non-hydrogen) atoms. The van der Waals surface area contributed by atoms with Crippen molar-refractivity contribution in [3.05, 3.63) is 53.6 Å². The van der Waals surface area contributed by atoms with Crippen molar-refractivity contribution in [2.24, 2.45) is 17.6 Å². The fourth-order valence-corrected chi connectivity index (χ4v) is 4.43. The Labute approximate surface area is 151 Å². The summed E-state index contributed by atoms with van der Waals surface area (Å²) >= 11 is 0. The smallest absolute Gasteiger partial charge is 0.381 e. The van der Waals surface area contributed by atoms with Crippen molar-refractivity contribution in [1.29, 1.82) is 0 Å². The van der Waals surface area contributed by atoms with Crippen molar-refractivity contribution < 1.29 is 17.9 Å². The Bertz CT molecular complexity index is 728. The standard InChI is InChI=1S/C20H23F3N2O/c21-20(22,23)13-6-9-17-16(10-13)19-15(8-7-14(11-24)26-19)18(25-17)12-4-2-1-3-5-12/h1-4,6,9-10,12,14-15,18-19,25H,5,7-8,11,24H2/t12?,14?,15-,18-,19-/m0/s1. The van der Waals surface area contributed by atoms with Gasteiger partial charge in [0.1, 0.15) is 0 Å². The fourth-order valence-electron chi connectivity index (χ4n) is 4.43. The zero-order chi connectivity index (χ0) is 18.3. The number of ether oxygens (including phenoxy) is 1. The van der Waals surface area contributed by atoms with Gasteiger partial charge in [-0.15, -0.1) is 0 Å². The summed E-state index contributed by atoms with van der Waals surface area (Å²) in [5.41, 5.74) is 6.50. The highest BCUT2D eigenvalue weighted by Crippen LogP contribution is 2.49. The lowest BCUT2D eigenvalue weighted by molar-refractivity contribution is -0.138. The summed E-state index contributed by atoms with van der Waals surface area (Å²) in [5.74, 6) is 0.441. The van der Waals surface area contributed by atoms with Crippen molar-refractivity contribution >= 4 is 5.69 Å². The average Bonchev–Trinajstić information content (AvgIpc) is 2.66. The summed E-state index contributed by atoms with van der Waals surface area (Å²) in [5, 5.41) is 3.51. The number of allylic oxidation sites excluding steroid dienone is 3. The molecule has 6 heteroatoms. The van der Waals surface area contributed by atoms with E-state index in [4.69, 9.17) is 10.5 Å². The van der Waals surface area contributed by atoms with Gasteiger partial charge < -0.3 is 15.8 Å². The number of fused-ring (bicyclic) bond motifs is 3. The third kappa shape index (κ3) is 3.16. The lowest BCUT2D eigenvalue weighted by Gasteiger charge is -2.47. The maximum Gasteiger partial charge on any atom is 0.416 e. The number of hydrogen-bond acceptors (Lipinski definition) is 3. The Balaban J connectivity index is 1.72. The van der Waals surface area contributed by atoms with Gasteiger partial charge in [-0.1, -0.05) is 24.3 Å². The molecule has 2 unspecified atom stereocenters. The minimum atomic E-state index is -4.36. The van der Waals surface area contributed by atoms with Gasteiger partial charge in [0.15, 0.2) is 0 Å². The van der Waals surface area contributed by atoms with E-state index in [9.17, 15) is 13.2 Å². The van der Waals surface area contributed by atoms with Crippen LogP contribution in [0.4, 0.5) is 18.9 Å². The maximum absolute atomic E-state index is 13.2. The number of nitrogens with one attached hydrogen (secondary N) is 1. The van der Waals surface area contributed by atoms with Crippen LogP contribution in [0.1, 0.15) is 36.5 Å². The molecular weight excluding hydrogens is 341 g/mol. The zero-order valence-corrected chi connectivity index (χ0v) is 14.4. The highest BCUT2D eigenvalue weighted by molar-refractivity contribution is 5.58. The lowest BCUT2D eigenvalue weighted by Crippen LogP contribution is -2.47. The summed E-state index contributed by atoms with van der Waals surface area (Å²) in [6.07, 6.45) is 6.24. The third-order valence-electron chi connectivity index (χ3n) is 5.76. The second-order valence-corrected chi connectivity index (χ2v) is 7.34. The summed E-state index contributed by atoms with van der Waals surface area (Å²) < 4.78 is 45.8. The predicted molar refractivity (Wildman–Crippen MR) is 94.6 cm³/mol. The topological polar surface area (TPSA) is 47.3 Å². The molecule has 1 saturated heterocycles. The van der Waals surface area contributed by atoms with Crippen LogP contribution in [0.25, 0.3) is 0 Å². The monoisotopic (exact) mass is 364 g/mol. The fraction of sp³-hybridized carbons (Fsp3) is 0.500. The molecule has 2 heterocycles. The van der Waals surface area contributed by atoms with Gasteiger partial charge >= 0.3 is 6.18 Å². The van der Waals surface area contributed by atoms with E-state index in [1.165, 1.54) is 6.07 Å². The molecule has 0 amide bonds. The molecule has 3 N–H and O–H groups in total. The van der Waals surface area contributed by atoms with Crippen LogP contribution in [-0.2, 0) is 10.9 Å². The van der Waals surface area contributed by atoms with Gasteiger partial charge in [0, 0.05) is 35.7 Å². The minimum Gasteiger partial charge on any atom is -0.381 e. The van der Waals surface area contributed by atoms with Gasteiger partial charge in [-0.2, -0.15) is 13.2 Å². The van der Waals surface area contributed by atoms with Gasteiger partial charge in [0.2, 0.25) is 0 Å². The average molecular weight is 364 g/mol. The SMILES string of the molecule is NCC1CC[C@@H]2[C@H](O1)c1cc(C(F)(F)F)ccc1N[C@H]2C1C=CC=CC1. The molecule has 4 rings (SSSR count). The van der Waals surface area contributed by atoms with E-state index in [0.717, 1.165) is 31.0 Å². The van der Waals surface area contributed by atoms with E-state index in [0.29, 0.717) is 18.0 Å². The van der Waals surface area contributed by atoms with E-state index in [-0.39, 0.29) is 24.2 Å². The molecular formula is C20H23F3N2O. The van der Waals surface area contributed by atoms with Crippen LogP contribution in [0.3, 0.4) is 0 Å². The molecule has 0 saturated carbocycles. The lowest BCUT2D eigenvalue weighted by atomic mass is 9.73. The van der Waals surface area contributed by atoms with Gasteiger partial charge in [0.05, 0.1) is 17.8 Å². The van der Waals surface area contributed by atoms with E-state index in [2.05, 4.69) is 17.5 Å². The largest absolute Gasteiger partial charge is 0.416 e. The van der Waals surface area contributed by atoms with Crippen molar-refractivity contribution in [1.82, 2.24) is 0 Å². The number of rotatable bonds is 2. The van der Waals surface area contributed by atoms with E-state index in [1.54, 1.807) is 6.07 Å². The molecule has 0 spiro atoms. The third-order valence-corrected chi connectivity index (χ3v) is 5.76. The molecule has 0 radical (unpaired) electrons. The highest BCUT2D eigenvalue weighted by atomic mass is 19.4. The predicted octanol–water partition coefficient (Wildman–Crippen LogP) is 4.43. The Morgan fingerprint density at radius 1 is 1.19 bits per heavy atom. The van der Waals surface area contributed by atoms with Gasteiger partial charge in [0.25, 0.3) is 0 Å². The molecule has 0 aromatic heterocycles. The molecule has 140 valence electrons. The van der Waals surface area contributed by atoms with Gasteiger partial charge in [-0.25, -0.2) is 0 Å². The first kappa shape index (κ1) is 17.6. The van der Waals surface area contributed by atoms with Crippen LogP contribution in [0.2, 0.25) is 0 Å². The molecule has 0 bridgehead atoms. The maximum atomic E-state index is 13.2. The molecule has 3 nitrogen and oxygen atoms in total. The summed E-state index contributed by atoms with van der Waals surface area (Å²) in [4.78, 5) is 0. The number of hydrogen-bond donors (Lipinski definition) is 2. The number of halogens is 3. The summed E-state index contributed by atoms with van der Waals surface area (Å²) in [7, 11) is 0. The van der Waals surface area contributed by atoms with Gasteiger partial charge in [-0.05, 0) is 37.5 Å². The summed E-state index contributed by atoms with van der Waals surface area (Å²) in [6, 6.07) is 4.07. The molecule has 3 aliphatic rings. The van der Waals surface area contributed by atoms with Crippen molar-refractivity contribution in [3.8, 4) is 0 Å². The zero-order valence-electron chi connectivity index (χ0n) is 14.4. The van der Waals surface area contributed by atoms with Crippen LogP contribution in [0.5, 0.6) is 0 Å². The minimum absolute atomic E-state index is 0.0980. The molecule has 1 aliphatic carbocycles. The normalized spacial score (nSPS) is 33.3. The highest BCUT2D eigenvalue weighted by Gasteiger charge is 2.44. The van der Waals surface area contributed by atoms with E-state index in [1.807, 2.05) is 12.2 Å². The number of alkyl halides is 3. The molecule has 1 aromatic carbocycles. The van der Waals surface area contributed by atoms with Crippen LogP contribution in [-0.4, -0.2) is 18.7 Å². The van der Waals surface area contributed by atoms with Gasteiger partial charge in [-0.3, -0.25) is 0 Å². The van der Waals surface area contributed by atoms with Crippen LogP contribution < -0.4 is 11.1 Å². The Kier molecular flexibility index (Phi) is 4.57. The van der Waals surface area contributed by atoms with Crippen molar-refractivity contribution in [2.75, 3.05) is 11.9 Å². The van der Waals surface area contributed by atoms with Crippen LogP contribution >= 0.6 is 0 Å². The number of anilines is 1. The Morgan fingerprint density at radius 3 is 2.73 bits per heavy atom. The second kappa shape index (κ2) is 6.74. The first-order valence-corrected chi connectivity index (χ1v) is 9.14. The molecule has 5 atom stereocenters. The van der Waals surface area contributed by atoms with Crippen LogP contribution in [0.15, 0.2) is 42.5 Å². The van der Waals surface area contributed by atoms with Crippen molar-refractivity contribution in [3.63, 3.8) is 0 Å². The second-order valence-electron chi connectivity index (χ2n) is 7.34. The number of nitrogens with two attached hydrogens (primary N) is 1. The van der Waals surface area contributed by atoms with E-state index < -0.39 is 11.7 Å². The van der Waals surface area contributed by atoms with E-state index >= 15 is 0 Å². The first-order valence-electron chi connectivity index (χ1n) is 9.14. The van der Waals surface area contributed by atoms with Crippen molar-refractivity contribution in [2.45, 2.75) is 43.7 Å². The molecule has 1 fully saturated rings. The quantitative estimate of drug-likeness (QED) is 0.816. The first-order chi connectivity index (χ1) is 12.5. The van der Waals surface area contributed by atoms with Crippen LogP contribution in [0, 0.1) is 11.8 Å². The number of benzene rings is 1. The molecule has 1 aromatic rings. The Hall–Kier alpha value is -1.79. The molecule has 2 aliphatic heterocycles. The Morgan fingerprint density at radius 2 is 2.04 bits per heavy atom. The summed E-state index contributed by atoms with van der Waals surface area (Å²) in [6.45, 7) is 0.391.